The summed E-state index contributed by atoms with van der Waals surface area (Å²) in [5.74, 6) is -0.0862. The van der Waals surface area contributed by atoms with E-state index in [1.807, 2.05) is 12.1 Å². The molecule has 1 aromatic rings. The van der Waals surface area contributed by atoms with Crippen LogP contribution in [0.3, 0.4) is 0 Å². The fraction of sp³-hybridized carbons (Fsp3) is 0.455. The summed E-state index contributed by atoms with van der Waals surface area (Å²) in [5, 5.41) is 3.27. The average Bonchev–Trinajstić information content (AvgIpc) is 2.57. The van der Waals surface area contributed by atoms with E-state index in [1.54, 1.807) is 6.07 Å². The predicted octanol–water partition coefficient (Wildman–Crippen LogP) is 2.89. The molecule has 0 saturated carbocycles. The number of rotatable bonds is 1. The minimum Gasteiger partial charge on any atom is -0.310 e. The van der Waals surface area contributed by atoms with Gasteiger partial charge in [0.1, 0.15) is 5.82 Å². The van der Waals surface area contributed by atoms with Crippen LogP contribution in [0.4, 0.5) is 4.39 Å². The molecule has 1 fully saturated rings. The Bertz CT molecular complexity index is 267. The maximum atomic E-state index is 13.2. The molecule has 1 nitrogen and oxygen atoms in total. The Morgan fingerprint density at radius 1 is 1.31 bits per heavy atom. The molecule has 1 saturated heterocycles. The van der Waals surface area contributed by atoms with Gasteiger partial charge in [0.15, 0.2) is 0 Å². The molecule has 0 aliphatic carbocycles. The van der Waals surface area contributed by atoms with E-state index in [9.17, 15) is 4.39 Å². The maximum Gasteiger partial charge on any atom is 0.127 e. The number of halogens is 1. The first-order valence-electron chi connectivity index (χ1n) is 4.36. The van der Waals surface area contributed by atoms with E-state index >= 15 is 0 Å². The lowest BCUT2D eigenvalue weighted by atomic mass is 10.1. The lowest BCUT2D eigenvalue weighted by molar-refractivity contribution is 0.559. The monoisotopic (exact) mass is 181 g/mol. The van der Waals surface area contributed by atoms with Gasteiger partial charge in [-0.05, 0) is 25.5 Å². The van der Waals surface area contributed by atoms with Crippen LogP contribution in [0.1, 0.15) is 31.9 Å². The van der Waals surface area contributed by atoms with Crippen molar-refractivity contribution in [3.8, 4) is 0 Å². The summed E-state index contributed by atoms with van der Waals surface area (Å²) in [6.45, 7) is 1.01. The van der Waals surface area contributed by atoms with Gasteiger partial charge in [0.2, 0.25) is 0 Å². The maximum absolute atomic E-state index is 13.2. The molecule has 0 bridgehead atoms. The molecule has 1 heterocycles. The quantitative estimate of drug-likeness (QED) is 0.702. The van der Waals surface area contributed by atoms with Gasteiger partial charge in [0, 0.05) is 11.6 Å². The fourth-order valence-corrected chi connectivity index (χ4v) is 1.71. The Kier molecular flexibility index (Phi) is 3.43. The first-order valence-corrected chi connectivity index (χ1v) is 4.36. The molecule has 0 amide bonds. The molecular weight excluding hydrogens is 165 g/mol. The van der Waals surface area contributed by atoms with Gasteiger partial charge in [-0.2, -0.15) is 0 Å². The van der Waals surface area contributed by atoms with Crippen LogP contribution in [0, 0.1) is 5.82 Å². The van der Waals surface area contributed by atoms with Gasteiger partial charge < -0.3 is 5.32 Å². The predicted molar refractivity (Wildman–Crippen MR) is 53.1 cm³/mol. The number of benzene rings is 1. The van der Waals surface area contributed by atoms with Crippen molar-refractivity contribution in [1.82, 2.24) is 5.32 Å². The van der Waals surface area contributed by atoms with Gasteiger partial charge in [-0.25, -0.2) is 4.39 Å². The Hall–Kier alpha value is -0.890. The van der Waals surface area contributed by atoms with Crippen LogP contribution in [0.2, 0.25) is 0 Å². The molecule has 72 valence electrons. The number of hydrogen-bond acceptors (Lipinski definition) is 1. The normalized spacial score (nSPS) is 21.2. The van der Waals surface area contributed by atoms with Crippen molar-refractivity contribution in [1.29, 1.82) is 0 Å². The van der Waals surface area contributed by atoms with Crippen LogP contribution in [0.25, 0.3) is 0 Å². The molecule has 0 aromatic heterocycles. The second kappa shape index (κ2) is 4.38. The van der Waals surface area contributed by atoms with Crippen LogP contribution >= 0.6 is 0 Å². The Morgan fingerprint density at radius 2 is 2.08 bits per heavy atom. The molecule has 13 heavy (non-hydrogen) atoms. The molecule has 0 radical (unpaired) electrons. The smallest absolute Gasteiger partial charge is 0.127 e. The van der Waals surface area contributed by atoms with E-state index in [4.69, 9.17) is 0 Å². The van der Waals surface area contributed by atoms with E-state index in [1.165, 1.54) is 6.07 Å². The molecule has 0 spiro atoms. The number of hydrogen-bond donors (Lipinski definition) is 1. The van der Waals surface area contributed by atoms with Crippen LogP contribution in [-0.2, 0) is 0 Å². The second-order valence-electron chi connectivity index (χ2n) is 3.17. The first-order chi connectivity index (χ1) is 5.88. The standard InChI is InChI=1S/C10H12FN.CH4/c11-9-5-2-1-4-8(9)10-6-3-7-12-10;/h1-2,4-5,10,12H,3,6-7H2;1H4/t10-;/m1./s1. The van der Waals surface area contributed by atoms with E-state index in [-0.39, 0.29) is 19.3 Å². The Morgan fingerprint density at radius 3 is 2.69 bits per heavy atom. The lowest BCUT2D eigenvalue weighted by Crippen LogP contribution is -2.13. The summed E-state index contributed by atoms with van der Waals surface area (Å²) in [6, 6.07) is 7.24. The summed E-state index contributed by atoms with van der Waals surface area (Å²) < 4.78 is 13.2. The number of nitrogens with one attached hydrogen (secondary N) is 1. The van der Waals surface area contributed by atoms with E-state index in [2.05, 4.69) is 5.32 Å². The molecule has 1 atom stereocenters. The minimum atomic E-state index is -0.0862. The highest BCUT2D eigenvalue weighted by Gasteiger charge is 2.18. The summed E-state index contributed by atoms with van der Waals surface area (Å²) in [5.41, 5.74) is 0.815. The fourth-order valence-electron chi connectivity index (χ4n) is 1.71. The molecule has 1 aliphatic rings. The van der Waals surface area contributed by atoms with Crippen molar-refractivity contribution >= 4 is 0 Å². The lowest BCUT2D eigenvalue weighted by Gasteiger charge is -2.10. The highest BCUT2D eigenvalue weighted by molar-refractivity contribution is 5.21. The SMILES string of the molecule is C.Fc1ccccc1[C@H]1CCCN1. The van der Waals surface area contributed by atoms with E-state index in [0.717, 1.165) is 24.9 Å². The van der Waals surface area contributed by atoms with Crippen molar-refractivity contribution in [2.75, 3.05) is 6.54 Å². The van der Waals surface area contributed by atoms with Gasteiger partial charge in [0.05, 0.1) is 0 Å². The Labute approximate surface area is 79.0 Å². The summed E-state index contributed by atoms with van der Waals surface area (Å²) in [4.78, 5) is 0. The van der Waals surface area contributed by atoms with Gasteiger partial charge in [-0.15, -0.1) is 0 Å². The molecule has 2 heteroatoms. The minimum absolute atomic E-state index is 0. The second-order valence-corrected chi connectivity index (χ2v) is 3.17. The molecule has 2 rings (SSSR count). The van der Waals surface area contributed by atoms with Crippen LogP contribution in [0.15, 0.2) is 24.3 Å². The van der Waals surface area contributed by atoms with Gasteiger partial charge >= 0.3 is 0 Å². The third-order valence-corrected chi connectivity index (χ3v) is 2.34. The first kappa shape index (κ1) is 10.2. The average molecular weight is 181 g/mol. The molecular formula is C11H16FN. The van der Waals surface area contributed by atoms with Gasteiger partial charge in [0.25, 0.3) is 0 Å². The molecule has 1 aromatic carbocycles. The largest absolute Gasteiger partial charge is 0.310 e. The summed E-state index contributed by atoms with van der Waals surface area (Å²) >= 11 is 0. The zero-order valence-corrected chi connectivity index (χ0v) is 6.89. The van der Waals surface area contributed by atoms with Crippen LogP contribution in [-0.4, -0.2) is 6.54 Å². The van der Waals surface area contributed by atoms with Crippen molar-refractivity contribution in [2.24, 2.45) is 0 Å². The zero-order valence-electron chi connectivity index (χ0n) is 6.89. The third-order valence-electron chi connectivity index (χ3n) is 2.34. The third kappa shape index (κ3) is 2.07. The van der Waals surface area contributed by atoms with E-state index < -0.39 is 0 Å². The van der Waals surface area contributed by atoms with Crippen molar-refractivity contribution < 1.29 is 4.39 Å². The Balaban J connectivity index is 0.000000845. The highest BCUT2D eigenvalue weighted by Crippen LogP contribution is 2.24. The molecule has 0 unspecified atom stereocenters. The topological polar surface area (TPSA) is 12.0 Å². The van der Waals surface area contributed by atoms with Gasteiger partial charge in [-0.3, -0.25) is 0 Å². The van der Waals surface area contributed by atoms with Crippen LogP contribution in [0.5, 0.6) is 0 Å². The molecule has 1 aliphatic heterocycles. The van der Waals surface area contributed by atoms with E-state index in [0.29, 0.717) is 0 Å². The van der Waals surface area contributed by atoms with Crippen molar-refractivity contribution in [3.05, 3.63) is 35.6 Å². The van der Waals surface area contributed by atoms with Gasteiger partial charge in [-0.1, -0.05) is 25.6 Å². The summed E-state index contributed by atoms with van der Waals surface area (Å²) in [6.07, 6.45) is 2.21. The molecule has 1 N–H and O–H groups in total. The van der Waals surface area contributed by atoms with Crippen molar-refractivity contribution in [3.63, 3.8) is 0 Å². The van der Waals surface area contributed by atoms with Crippen LogP contribution < -0.4 is 5.32 Å². The van der Waals surface area contributed by atoms with Crippen molar-refractivity contribution in [2.45, 2.75) is 26.3 Å². The highest BCUT2D eigenvalue weighted by atomic mass is 19.1. The zero-order chi connectivity index (χ0) is 8.39. The summed E-state index contributed by atoms with van der Waals surface area (Å²) in [7, 11) is 0.